The third-order valence-electron chi connectivity index (χ3n) is 5.52. The number of ether oxygens (including phenoxy) is 1. The molecule has 2 fully saturated rings. The summed E-state index contributed by atoms with van der Waals surface area (Å²) < 4.78 is 46.3. The molecule has 162 valence electrons. The Morgan fingerprint density at radius 2 is 1.67 bits per heavy atom. The molecule has 1 aromatic heterocycles. The largest absolute Gasteiger partial charge is 0.495 e. The molecule has 0 bridgehead atoms. The average Bonchev–Trinajstić information content (AvgIpc) is 3.28. The molecule has 0 amide bonds. The van der Waals surface area contributed by atoms with Gasteiger partial charge < -0.3 is 14.5 Å². The first-order valence-corrected chi connectivity index (χ1v) is 11.5. The number of nitrogens with zero attached hydrogens (tertiary/aromatic N) is 5. The Bertz CT molecular complexity index is 1020. The standard InChI is InChI=1S/C20H26FN5O3S/c1-15-13-19(24-7-3-4-8-24)23-20(22-15)25-9-11-26(12-10-25)30(27,28)18-14-16(21)5-6-17(18)29-2/h5-6,13-14H,3-4,7-12H2,1-2H3. The van der Waals surface area contributed by atoms with Crippen LogP contribution < -0.4 is 14.5 Å². The van der Waals surface area contributed by atoms with Crippen LogP contribution >= 0.6 is 0 Å². The number of anilines is 2. The van der Waals surface area contributed by atoms with Crippen LogP contribution in [0.3, 0.4) is 0 Å². The second-order valence-electron chi connectivity index (χ2n) is 7.55. The quantitative estimate of drug-likeness (QED) is 0.711. The summed E-state index contributed by atoms with van der Waals surface area (Å²) in [6.45, 7) is 5.38. The van der Waals surface area contributed by atoms with Crippen molar-refractivity contribution in [1.82, 2.24) is 14.3 Å². The number of aryl methyl sites for hydroxylation is 1. The van der Waals surface area contributed by atoms with Crippen molar-refractivity contribution in [3.05, 3.63) is 35.8 Å². The Kier molecular flexibility index (Phi) is 5.79. The summed E-state index contributed by atoms with van der Waals surface area (Å²) in [4.78, 5) is 13.4. The lowest BCUT2D eigenvalue weighted by Gasteiger charge is -2.34. The molecule has 0 atom stereocenters. The van der Waals surface area contributed by atoms with E-state index in [2.05, 4.69) is 9.88 Å². The third-order valence-corrected chi connectivity index (χ3v) is 7.44. The fourth-order valence-corrected chi connectivity index (χ4v) is 5.50. The zero-order valence-corrected chi connectivity index (χ0v) is 18.0. The average molecular weight is 436 g/mol. The lowest BCUT2D eigenvalue weighted by Crippen LogP contribution is -2.49. The maximum absolute atomic E-state index is 13.7. The van der Waals surface area contributed by atoms with E-state index in [1.807, 2.05) is 17.9 Å². The molecule has 0 unspecified atom stereocenters. The number of rotatable bonds is 5. The van der Waals surface area contributed by atoms with Gasteiger partial charge in [-0.15, -0.1) is 0 Å². The first kappa shape index (κ1) is 20.8. The molecule has 10 heteroatoms. The molecular formula is C20H26FN5O3S. The first-order chi connectivity index (χ1) is 14.4. The van der Waals surface area contributed by atoms with Gasteiger partial charge in [-0.1, -0.05) is 0 Å². The Morgan fingerprint density at radius 1 is 0.967 bits per heavy atom. The van der Waals surface area contributed by atoms with Crippen LogP contribution in [0.5, 0.6) is 5.75 Å². The molecule has 8 nitrogen and oxygen atoms in total. The summed E-state index contributed by atoms with van der Waals surface area (Å²) in [6, 6.07) is 5.51. The maximum atomic E-state index is 13.7. The highest BCUT2D eigenvalue weighted by Crippen LogP contribution is 2.29. The van der Waals surface area contributed by atoms with Crippen LogP contribution in [0, 0.1) is 12.7 Å². The van der Waals surface area contributed by atoms with E-state index in [4.69, 9.17) is 9.72 Å². The van der Waals surface area contributed by atoms with Crippen LogP contribution in [0.4, 0.5) is 16.2 Å². The lowest BCUT2D eigenvalue weighted by molar-refractivity contribution is 0.371. The van der Waals surface area contributed by atoms with E-state index in [1.165, 1.54) is 36.4 Å². The number of hydrogen-bond donors (Lipinski definition) is 0. The predicted octanol–water partition coefficient (Wildman–Crippen LogP) is 2.04. The van der Waals surface area contributed by atoms with Crippen molar-refractivity contribution in [1.29, 1.82) is 0 Å². The number of piperazine rings is 1. The van der Waals surface area contributed by atoms with E-state index in [-0.39, 0.29) is 23.7 Å². The van der Waals surface area contributed by atoms with Crippen molar-refractivity contribution < 1.29 is 17.5 Å². The molecule has 2 aromatic rings. The number of sulfonamides is 1. The predicted molar refractivity (Wildman–Crippen MR) is 112 cm³/mol. The van der Waals surface area contributed by atoms with E-state index in [1.54, 1.807) is 0 Å². The Balaban J connectivity index is 1.51. The van der Waals surface area contributed by atoms with Gasteiger partial charge in [0.15, 0.2) is 0 Å². The van der Waals surface area contributed by atoms with Gasteiger partial charge in [-0.2, -0.15) is 9.29 Å². The molecule has 30 heavy (non-hydrogen) atoms. The highest BCUT2D eigenvalue weighted by molar-refractivity contribution is 7.89. The summed E-state index contributed by atoms with van der Waals surface area (Å²) in [7, 11) is -2.50. The zero-order chi connectivity index (χ0) is 21.3. The van der Waals surface area contributed by atoms with E-state index in [0.717, 1.165) is 30.7 Å². The van der Waals surface area contributed by atoms with Gasteiger partial charge >= 0.3 is 0 Å². The Hall–Kier alpha value is -2.46. The second kappa shape index (κ2) is 8.35. The van der Waals surface area contributed by atoms with E-state index >= 15 is 0 Å². The third kappa shape index (κ3) is 4.06. The molecule has 0 spiro atoms. The number of hydrogen-bond acceptors (Lipinski definition) is 7. The van der Waals surface area contributed by atoms with Gasteiger partial charge in [-0.05, 0) is 38.0 Å². The monoisotopic (exact) mass is 435 g/mol. The Morgan fingerprint density at radius 3 is 2.33 bits per heavy atom. The van der Waals surface area contributed by atoms with Gasteiger partial charge in [0, 0.05) is 51.0 Å². The minimum atomic E-state index is -3.87. The van der Waals surface area contributed by atoms with Gasteiger partial charge in [0.05, 0.1) is 7.11 Å². The fraction of sp³-hybridized carbons (Fsp3) is 0.500. The topological polar surface area (TPSA) is 78.9 Å². The second-order valence-corrected chi connectivity index (χ2v) is 9.45. The van der Waals surface area contributed by atoms with Crippen LogP contribution in [-0.4, -0.2) is 69.1 Å². The van der Waals surface area contributed by atoms with Crippen LogP contribution in [0.1, 0.15) is 18.5 Å². The SMILES string of the molecule is COc1ccc(F)cc1S(=O)(=O)N1CCN(c2nc(C)cc(N3CCCC3)n2)CC1. The van der Waals surface area contributed by atoms with Crippen molar-refractivity contribution in [3.63, 3.8) is 0 Å². The van der Waals surface area contributed by atoms with Crippen LogP contribution in [0.25, 0.3) is 0 Å². The van der Waals surface area contributed by atoms with Crippen molar-refractivity contribution in [2.75, 3.05) is 56.2 Å². The molecule has 4 rings (SSSR count). The number of methoxy groups -OCH3 is 1. The smallest absolute Gasteiger partial charge is 0.246 e. The molecule has 0 N–H and O–H groups in total. The first-order valence-electron chi connectivity index (χ1n) is 10.1. The van der Waals surface area contributed by atoms with Gasteiger partial charge in [0.1, 0.15) is 22.3 Å². The van der Waals surface area contributed by atoms with E-state index in [0.29, 0.717) is 19.0 Å². The van der Waals surface area contributed by atoms with Crippen molar-refractivity contribution in [2.24, 2.45) is 0 Å². The van der Waals surface area contributed by atoms with Crippen LogP contribution in [-0.2, 0) is 10.0 Å². The molecule has 2 aliphatic heterocycles. The summed E-state index contributed by atoms with van der Waals surface area (Å²) in [5.74, 6) is 1.07. The number of halogens is 1. The highest BCUT2D eigenvalue weighted by Gasteiger charge is 2.32. The summed E-state index contributed by atoms with van der Waals surface area (Å²) >= 11 is 0. The Labute approximate surface area is 176 Å². The molecule has 2 aliphatic rings. The van der Waals surface area contributed by atoms with Crippen molar-refractivity contribution in [2.45, 2.75) is 24.7 Å². The van der Waals surface area contributed by atoms with E-state index in [9.17, 15) is 12.8 Å². The fourth-order valence-electron chi connectivity index (χ4n) is 3.91. The molecule has 0 saturated carbocycles. The normalized spacial score (nSPS) is 18.1. The minimum Gasteiger partial charge on any atom is -0.495 e. The summed E-state index contributed by atoms with van der Waals surface area (Å²) in [6.07, 6.45) is 2.33. The van der Waals surface area contributed by atoms with Crippen LogP contribution in [0.2, 0.25) is 0 Å². The zero-order valence-electron chi connectivity index (χ0n) is 17.2. The molecule has 1 aromatic carbocycles. The molecule has 3 heterocycles. The summed E-state index contributed by atoms with van der Waals surface area (Å²) in [5.41, 5.74) is 0.890. The molecule has 0 aliphatic carbocycles. The minimum absolute atomic E-state index is 0.135. The molecular weight excluding hydrogens is 409 g/mol. The lowest BCUT2D eigenvalue weighted by atomic mass is 10.3. The molecule has 2 saturated heterocycles. The van der Waals surface area contributed by atoms with Crippen molar-refractivity contribution >= 4 is 21.8 Å². The number of benzene rings is 1. The maximum Gasteiger partial charge on any atom is 0.246 e. The van der Waals surface area contributed by atoms with Gasteiger partial charge in [-0.25, -0.2) is 17.8 Å². The summed E-state index contributed by atoms with van der Waals surface area (Å²) in [5, 5.41) is 0. The number of aromatic nitrogens is 2. The highest BCUT2D eigenvalue weighted by atomic mass is 32.2. The van der Waals surface area contributed by atoms with Gasteiger partial charge in [0.25, 0.3) is 0 Å². The van der Waals surface area contributed by atoms with Crippen molar-refractivity contribution in [3.8, 4) is 5.75 Å². The van der Waals surface area contributed by atoms with Crippen LogP contribution in [0.15, 0.2) is 29.2 Å². The van der Waals surface area contributed by atoms with Gasteiger partial charge in [0.2, 0.25) is 16.0 Å². The molecule has 0 radical (unpaired) electrons. The van der Waals surface area contributed by atoms with Gasteiger partial charge in [-0.3, -0.25) is 0 Å². The van der Waals surface area contributed by atoms with E-state index < -0.39 is 15.8 Å².